The third-order valence-electron chi connectivity index (χ3n) is 3.17. The Morgan fingerprint density at radius 3 is 2.90 bits per heavy atom. The number of rotatable bonds is 5. The Balaban J connectivity index is 1.96. The average molecular weight is 284 g/mol. The summed E-state index contributed by atoms with van der Waals surface area (Å²) in [5, 5.41) is 9.56. The van der Waals surface area contributed by atoms with Gasteiger partial charge in [0.25, 0.3) is 0 Å². The lowest BCUT2D eigenvalue weighted by Gasteiger charge is -2.06. The Hall–Kier alpha value is -2.37. The highest BCUT2D eigenvalue weighted by Gasteiger charge is 2.13. The molecule has 5 nitrogen and oxygen atoms in total. The van der Waals surface area contributed by atoms with Gasteiger partial charge in [0, 0.05) is 13.3 Å². The summed E-state index contributed by atoms with van der Waals surface area (Å²) in [4.78, 5) is 4.40. The number of imidazole rings is 1. The van der Waals surface area contributed by atoms with Crippen LogP contribution in [0.25, 0.3) is 5.65 Å². The van der Waals surface area contributed by atoms with Gasteiger partial charge in [-0.3, -0.25) is 4.40 Å². The summed E-state index contributed by atoms with van der Waals surface area (Å²) in [6.45, 7) is 0.382. The molecule has 3 aromatic rings. The first-order valence-corrected chi connectivity index (χ1v) is 6.64. The van der Waals surface area contributed by atoms with Gasteiger partial charge in [0.1, 0.15) is 17.1 Å². The number of benzene rings is 1. The van der Waals surface area contributed by atoms with Gasteiger partial charge in [0.05, 0.1) is 13.2 Å². The van der Waals surface area contributed by atoms with Crippen LogP contribution in [0.1, 0.15) is 11.3 Å². The van der Waals surface area contributed by atoms with Gasteiger partial charge in [0.2, 0.25) is 5.88 Å². The van der Waals surface area contributed by atoms with Gasteiger partial charge in [-0.2, -0.15) is 4.98 Å². The summed E-state index contributed by atoms with van der Waals surface area (Å²) in [5.74, 6) is 1.08. The number of hydrogen-bond acceptors (Lipinski definition) is 4. The van der Waals surface area contributed by atoms with Crippen molar-refractivity contribution in [1.29, 1.82) is 0 Å². The SMILES string of the molecule is COCc1cccc(Oc2nc3ccccn3c2CO)c1. The summed E-state index contributed by atoms with van der Waals surface area (Å²) < 4.78 is 12.7. The number of aliphatic hydroxyl groups excluding tert-OH is 1. The Bertz CT molecular complexity index is 752. The first-order valence-electron chi connectivity index (χ1n) is 6.64. The van der Waals surface area contributed by atoms with E-state index in [2.05, 4.69) is 4.98 Å². The molecule has 0 radical (unpaired) electrons. The lowest BCUT2D eigenvalue weighted by atomic mass is 10.2. The number of aliphatic hydroxyl groups is 1. The minimum atomic E-state index is -0.141. The molecule has 1 N–H and O–H groups in total. The van der Waals surface area contributed by atoms with Gasteiger partial charge in [-0.05, 0) is 29.8 Å². The number of nitrogens with zero attached hydrogens (tertiary/aromatic N) is 2. The first-order chi connectivity index (χ1) is 10.3. The zero-order valence-electron chi connectivity index (χ0n) is 11.7. The van der Waals surface area contributed by atoms with Gasteiger partial charge >= 0.3 is 0 Å². The topological polar surface area (TPSA) is 56.0 Å². The maximum absolute atomic E-state index is 9.56. The Morgan fingerprint density at radius 2 is 2.10 bits per heavy atom. The second kappa shape index (κ2) is 5.95. The molecule has 3 rings (SSSR count). The number of hydrogen-bond donors (Lipinski definition) is 1. The van der Waals surface area contributed by atoms with E-state index in [4.69, 9.17) is 9.47 Å². The molecule has 0 bridgehead atoms. The van der Waals surface area contributed by atoms with Crippen LogP contribution in [0.5, 0.6) is 11.6 Å². The van der Waals surface area contributed by atoms with E-state index in [0.29, 0.717) is 23.9 Å². The maximum Gasteiger partial charge on any atom is 0.243 e. The summed E-state index contributed by atoms with van der Waals surface area (Å²) in [6.07, 6.45) is 1.85. The van der Waals surface area contributed by atoms with E-state index in [-0.39, 0.29) is 6.61 Å². The fourth-order valence-corrected chi connectivity index (χ4v) is 2.23. The van der Waals surface area contributed by atoms with Crippen LogP contribution in [0, 0.1) is 0 Å². The molecular formula is C16H16N2O3. The molecule has 0 amide bonds. The number of methoxy groups -OCH3 is 1. The van der Waals surface area contributed by atoms with Crippen LogP contribution in [0.15, 0.2) is 48.7 Å². The highest BCUT2D eigenvalue weighted by molar-refractivity contribution is 5.46. The van der Waals surface area contributed by atoms with E-state index >= 15 is 0 Å². The van der Waals surface area contributed by atoms with Crippen molar-refractivity contribution in [1.82, 2.24) is 9.38 Å². The molecule has 0 aliphatic carbocycles. The Labute approximate surface area is 122 Å². The van der Waals surface area contributed by atoms with E-state index in [1.807, 2.05) is 53.1 Å². The second-order valence-electron chi connectivity index (χ2n) is 4.63. The summed E-state index contributed by atoms with van der Waals surface area (Å²) in [6, 6.07) is 13.3. The monoisotopic (exact) mass is 284 g/mol. The quantitative estimate of drug-likeness (QED) is 0.782. The van der Waals surface area contributed by atoms with Crippen LogP contribution in [-0.2, 0) is 18.0 Å². The second-order valence-corrected chi connectivity index (χ2v) is 4.63. The van der Waals surface area contributed by atoms with Crippen LogP contribution in [0.3, 0.4) is 0 Å². The largest absolute Gasteiger partial charge is 0.437 e. The van der Waals surface area contributed by atoms with E-state index in [1.54, 1.807) is 7.11 Å². The molecule has 0 atom stereocenters. The number of pyridine rings is 1. The fourth-order valence-electron chi connectivity index (χ4n) is 2.23. The van der Waals surface area contributed by atoms with Crippen LogP contribution in [0.4, 0.5) is 0 Å². The standard InChI is InChI=1S/C16H16N2O3/c1-20-11-12-5-4-6-13(9-12)21-16-14(10-19)18-8-3-2-7-15(18)17-16/h2-9,19H,10-11H2,1H3. The van der Waals surface area contributed by atoms with Crippen molar-refractivity contribution in [2.24, 2.45) is 0 Å². The number of fused-ring (bicyclic) bond motifs is 1. The summed E-state index contributed by atoms with van der Waals surface area (Å²) in [5.41, 5.74) is 2.39. The molecule has 108 valence electrons. The molecule has 0 aliphatic heterocycles. The van der Waals surface area contributed by atoms with Crippen molar-refractivity contribution in [3.8, 4) is 11.6 Å². The van der Waals surface area contributed by atoms with Crippen molar-refractivity contribution < 1.29 is 14.6 Å². The van der Waals surface area contributed by atoms with Gasteiger partial charge < -0.3 is 14.6 Å². The van der Waals surface area contributed by atoms with Crippen molar-refractivity contribution >= 4 is 5.65 Å². The number of aromatic nitrogens is 2. The molecule has 0 spiro atoms. The molecule has 2 aromatic heterocycles. The zero-order chi connectivity index (χ0) is 14.7. The minimum Gasteiger partial charge on any atom is -0.437 e. The molecule has 0 unspecified atom stereocenters. The Kier molecular flexibility index (Phi) is 3.85. The molecule has 0 saturated carbocycles. The molecular weight excluding hydrogens is 268 g/mol. The molecule has 0 fully saturated rings. The van der Waals surface area contributed by atoms with Crippen LogP contribution < -0.4 is 4.74 Å². The van der Waals surface area contributed by atoms with Gasteiger partial charge in [0.15, 0.2) is 0 Å². The molecule has 5 heteroatoms. The van der Waals surface area contributed by atoms with Crippen molar-refractivity contribution in [3.63, 3.8) is 0 Å². The Morgan fingerprint density at radius 1 is 1.19 bits per heavy atom. The fraction of sp³-hybridized carbons (Fsp3) is 0.188. The van der Waals surface area contributed by atoms with Crippen molar-refractivity contribution in [2.75, 3.05) is 7.11 Å². The average Bonchev–Trinajstić information content (AvgIpc) is 2.85. The van der Waals surface area contributed by atoms with Crippen molar-refractivity contribution in [3.05, 3.63) is 59.9 Å². The van der Waals surface area contributed by atoms with Crippen LogP contribution in [0.2, 0.25) is 0 Å². The minimum absolute atomic E-state index is 0.141. The normalized spacial score (nSPS) is 11.0. The predicted octanol–water partition coefficient (Wildman–Crippen LogP) is 2.77. The van der Waals surface area contributed by atoms with Crippen molar-refractivity contribution in [2.45, 2.75) is 13.2 Å². The number of ether oxygens (including phenoxy) is 2. The van der Waals surface area contributed by atoms with E-state index < -0.39 is 0 Å². The summed E-state index contributed by atoms with van der Waals surface area (Å²) in [7, 11) is 1.65. The van der Waals surface area contributed by atoms with E-state index in [1.165, 1.54) is 0 Å². The van der Waals surface area contributed by atoms with Gasteiger partial charge in [-0.1, -0.05) is 18.2 Å². The van der Waals surface area contributed by atoms with E-state index in [0.717, 1.165) is 11.2 Å². The van der Waals surface area contributed by atoms with Gasteiger partial charge in [-0.25, -0.2) is 0 Å². The summed E-state index contributed by atoms with van der Waals surface area (Å²) >= 11 is 0. The lowest BCUT2D eigenvalue weighted by Crippen LogP contribution is -1.95. The third kappa shape index (κ3) is 2.74. The van der Waals surface area contributed by atoms with Gasteiger partial charge in [-0.15, -0.1) is 0 Å². The first kappa shape index (κ1) is 13.6. The maximum atomic E-state index is 9.56. The highest BCUT2D eigenvalue weighted by atomic mass is 16.5. The van der Waals surface area contributed by atoms with Crippen LogP contribution >= 0.6 is 0 Å². The van der Waals surface area contributed by atoms with E-state index in [9.17, 15) is 5.11 Å². The molecule has 0 saturated heterocycles. The molecule has 2 heterocycles. The van der Waals surface area contributed by atoms with Crippen LogP contribution in [-0.4, -0.2) is 21.6 Å². The molecule has 1 aromatic carbocycles. The zero-order valence-corrected chi connectivity index (χ0v) is 11.7. The molecule has 21 heavy (non-hydrogen) atoms. The highest BCUT2D eigenvalue weighted by Crippen LogP contribution is 2.26. The lowest BCUT2D eigenvalue weighted by molar-refractivity contribution is 0.184. The third-order valence-corrected chi connectivity index (χ3v) is 3.17. The molecule has 0 aliphatic rings. The predicted molar refractivity (Wildman–Crippen MR) is 78.3 cm³/mol. The smallest absolute Gasteiger partial charge is 0.243 e.